The average molecular weight is 343 g/mol. The van der Waals surface area contributed by atoms with Crippen molar-refractivity contribution in [3.8, 4) is 11.1 Å². The molecule has 0 fully saturated rings. The summed E-state index contributed by atoms with van der Waals surface area (Å²) in [7, 11) is 0. The lowest BCUT2D eigenvalue weighted by molar-refractivity contribution is -0.177. The first kappa shape index (κ1) is 19.1. The van der Waals surface area contributed by atoms with Gasteiger partial charge < -0.3 is 9.84 Å². The van der Waals surface area contributed by atoms with E-state index in [1.807, 2.05) is 54.6 Å². The molecule has 0 radical (unpaired) electrons. The molecule has 0 aliphatic rings. The molecule has 3 N–H and O–H groups in total. The van der Waals surface area contributed by atoms with E-state index in [2.05, 4.69) is 0 Å². The molecule has 0 unspecified atom stereocenters. The number of amides is 1. The molecule has 0 aromatic heterocycles. The summed E-state index contributed by atoms with van der Waals surface area (Å²) in [5.74, 6) is -0.975. The van der Waals surface area contributed by atoms with Gasteiger partial charge in [-0.2, -0.15) is 0 Å². The molecule has 2 aromatic carbocycles. The third-order valence-electron chi connectivity index (χ3n) is 4.35. The SMILES string of the molecule is CC(C)[C@@H](O)[C@](C)(OCc1ccc(-c2ccccc2)cc1)C(=O)NO. The first-order valence-corrected chi connectivity index (χ1v) is 8.29. The van der Waals surface area contributed by atoms with E-state index in [0.29, 0.717) is 0 Å². The predicted molar refractivity (Wildman–Crippen MR) is 95.8 cm³/mol. The van der Waals surface area contributed by atoms with Crippen LogP contribution in [0.4, 0.5) is 0 Å². The van der Waals surface area contributed by atoms with Gasteiger partial charge in [0.1, 0.15) is 0 Å². The zero-order valence-corrected chi connectivity index (χ0v) is 14.8. The molecule has 2 atom stereocenters. The van der Waals surface area contributed by atoms with Crippen LogP contribution in [0.3, 0.4) is 0 Å². The van der Waals surface area contributed by atoms with Gasteiger partial charge in [-0.15, -0.1) is 0 Å². The maximum Gasteiger partial charge on any atom is 0.277 e. The second kappa shape index (κ2) is 8.25. The van der Waals surface area contributed by atoms with Crippen LogP contribution in [0, 0.1) is 5.92 Å². The van der Waals surface area contributed by atoms with E-state index in [1.54, 1.807) is 19.3 Å². The third-order valence-corrected chi connectivity index (χ3v) is 4.35. The molecule has 2 aromatic rings. The minimum Gasteiger partial charge on any atom is -0.389 e. The molecule has 0 saturated carbocycles. The summed E-state index contributed by atoms with van der Waals surface area (Å²) in [5.41, 5.74) is 3.12. The van der Waals surface area contributed by atoms with E-state index in [9.17, 15) is 9.90 Å². The minimum absolute atomic E-state index is 0.142. The van der Waals surface area contributed by atoms with Crippen molar-refractivity contribution in [3.63, 3.8) is 0 Å². The Morgan fingerprint density at radius 1 is 1.08 bits per heavy atom. The van der Waals surface area contributed by atoms with Gasteiger partial charge in [-0.05, 0) is 29.5 Å². The Hall–Kier alpha value is -2.21. The molecule has 5 heteroatoms. The molecular weight excluding hydrogens is 318 g/mol. The van der Waals surface area contributed by atoms with Crippen LogP contribution >= 0.6 is 0 Å². The molecule has 0 aliphatic carbocycles. The van der Waals surface area contributed by atoms with Crippen LogP contribution in [0.25, 0.3) is 11.1 Å². The average Bonchev–Trinajstić information content (AvgIpc) is 2.65. The van der Waals surface area contributed by atoms with Crippen molar-refractivity contribution >= 4 is 5.91 Å². The Morgan fingerprint density at radius 3 is 2.16 bits per heavy atom. The number of rotatable bonds is 7. The van der Waals surface area contributed by atoms with Crippen LogP contribution in [0.5, 0.6) is 0 Å². The molecule has 25 heavy (non-hydrogen) atoms. The number of carbonyl (C=O) groups excluding carboxylic acids is 1. The highest BCUT2D eigenvalue weighted by Gasteiger charge is 2.43. The van der Waals surface area contributed by atoms with Gasteiger partial charge in [0.05, 0.1) is 12.7 Å². The predicted octanol–water partition coefficient (Wildman–Crippen LogP) is 3.15. The van der Waals surface area contributed by atoms with Crippen LogP contribution in [0.2, 0.25) is 0 Å². The second-order valence-electron chi connectivity index (χ2n) is 6.59. The molecule has 0 heterocycles. The maximum absolute atomic E-state index is 12.0. The highest BCUT2D eigenvalue weighted by atomic mass is 16.5. The van der Waals surface area contributed by atoms with Gasteiger partial charge in [0, 0.05) is 0 Å². The summed E-state index contributed by atoms with van der Waals surface area (Å²) in [6.07, 6.45) is -1.05. The zero-order valence-electron chi connectivity index (χ0n) is 14.8. The third kappa shape index (κ3) is 4.45. The molecule has 0 spiro atoms. The first-order valence-electron chi connectivity index (χ1n) is 8.29. The van der Waals surface area contributed by atoms with Crippen molar-refractivity contribution in [1.82, 2.24) is 5.48 Å². The number of aliphatic hydroxyl groups excluding tert-OH is 1. The van der Waals surface area contributed by atoms with E-state index < -0.39 is 17.6 Å². The number of aliphatic hydroxyl groups is 1. The van der Waals surface area contributed by atoms with Crippen molar-refractivity contribution in [3.05, 3.63) is 60.2 Å². The molecule has 0 saturated heterocycles. The molecule has 5 nitrogen and oxygen atoms in total. The van der Waals surface area contributed by atoms with E-state index in [-0.39, 0.29) is 12.5 Å². The summed E-state index contributed by atoms with van der Waals surface area (Å²) in [5, 5.41) is 19.3. The Kier molecular flexibility index (Phi) is 6.31. The standard InChI is InChI=1S/C20H25NO4/c1-14(2)18(22)20(3,19(23)21-24)25-13-15-9-11-17(12-10-15)16-7-5-4-6-8-16/h4-12,14,18,22,24H,13H2,1-3H3,(H,21,23)/t18-,20+/m1/s1. The number of benzene rings is 2. The van der Waals surface area contributed by atoms with Gasteiger partial charge >= 0.3 is 0 Å². The first-order chi connectivity index (χ1) is 11.9. The van der Waals surface area contributed by atoms with E-state index in [4.69, 9.17) is 9.94 Å². The quantitative estimate of drug-likeness (QED) is 0.533. The van der Waals surface area contributed by atoms with Gasteiger partial charge in [0.15, 0.2) is 5.60 Å². The molecule has 0 aliphatic heterocycles. The van der Waals surface area contributed by atoms with Crippen molar-refractivity contribution in [1.29, 1.82) is 0 Å². The Labute approximate surface area is 148 Å². The van der Waals surface area contributed by atoms with Crippen molar-refractivity contribution in [2.45, 2.75) is 39.1 Å². The number of hydrogen-bond donors (Lipinski definition) is 3. The lowest BCUT2D eigenvalue weighted by Gasteiger charge is -2.34. The summed E-state index contributed by atoms with van der Waals surface area (Å²) in [6.45, 7) is 5.18. The summed E-state index contributed by atoms with van der Waals surface area (Å²) in [6, 6.07) is 17.8. The number of hydroxylamine groups is 1. The summed E-state index contributed by atoms with van der Waals surface area (Å²) in [4.78, 5) is 12.0. The highest BCUT2D eigenvalue weighted by molar-refractivity contribution is 5.84. The topological polar surface area (TPSA) is 78.8 Å². The zero-order chi connectivity index (χ0) is 18.4. The molecule has 134 valence electrons. The maximum atomic E-state index is 12.0. The van der Waals surface area contributed by atoms with Crippen molar-refractivity contribution in [2.75, 3.05) is 0 Å². The number of hydrogen-bond acceptors (Lipinski definition) is 4. The fourth-order valence-corrected chi connectivity index (χ4v) is 2.69. The number of nitrogens with one attached hydrogen (secondary N) is 1. The van der Waals surface area contributed by atoms with Gasteiger partial charge in [-0.3, -0.25) is 10.0 Å². The fraction of sp³-hybridized carbons (Fsp3) is 0.350. The van der Waals surface area contributed by atoms with Gasteiger partial charge in [-0.25, -0.2) is 5.48 Å². The van der Waals surface area contributed by atoms with Gasteiger partial charge in [-0.1, -0.05) is 68.4 Å². The molecule has 1 amide bonds. The minimum atomic E-state index is -1.54. The van der Waals surface area contributed by atoms with E-state index >= 15 is 0 Å². The van der Waals surface area contributed by atoms with Crippen LogP contribution in [0.1, 0.15) is 26.3 Å². The largest absolute Gasteiger partial charge is 0.389 e. The van der Waals surface area contributed by atoms with Crippen molar-refractivity contribution in [2.24, 2.45) is 5.92 Å². The highest BCUT2D eigenvalue weighted by Crippen LogP contribution is 2.25. The normalized spacial score (nSPS) is 14.8. The lowest BCUT2D eigenvalue weighted by Crippen LogP contribution is -2.55. The number of carbonyl (C=O) groups is 1. The molecule has 2 rings (SSSR count). The van der Waals surface area contributed by atoms with Gasteiger partial charge in [0.2, 0.25) is 0 Å². The number of ether oxygens (including phenoxy) is 1. The fourth-order valence-electron chi connectivity index (χ4n) is 2.69. The van der Waals surface area contributed by atoms with Crippen LogP contribution < -0.4 is 5.48 Å². The Bertz CT molecular complexity index is 685. The monoisotopic (exact) mass is 343 g/mol. The smallest absolute Gasteiger partial charge is 0.277 e. The van der Waals surface area contributed by atoms with Crippen LogP contribution in [-0.2, 0) is 16.1 Å². The summed E-state index contributed by atoms with van der Waals surface area (Å²) >= 11 is 0. The van der Waals surface area contributed by atoms with E-state index in [0.717, 1.165) is 16.7 Å². The van der Waals surface area contributed by atoms with Gasteiger partial charge in [0.25, 0.3) is 5.91 Å². The van der Waals surface area contributed by atoms with Crippen molar-refractivity contribution < 1.29 is 19.8 Å². The molecular formula is C20H25NO4. The second-order valence-corrected chi connectivity index (χ2v) is 6.59. The Balaban J connectivity index is 2.11. The van der Waals surface area contributed by atoms with Crippen LogP contribution in [0.15, 0.2) is 54.6 Å². The summed E-state index contributed by atoms with van der Waals surface area (Å²) < 4.78 is 5.71. The lowest BCUT2D eigenvalue weighted by atomic mass is 9.89. The van der Waals surface area contributed by atoms with E-state index in [1.165, 1.54) is 6.92 Å². The molecule has 0 bridgehead atoms. The Morgan fingerprint density at radius 2 is 1.64 bits per heavy atom. The van der Waals surface area contributed by atoms with Crippen LogP contribution in [-0.4, -0.2) is 27.9 Å².